The molecule has 2 aromatic heterocycles. The smallest absolute Gasteiger partial charge is 0.413 e. The molecule has 0 unspecified atom stereocenters. The van der Waals surface area contributed by atoms with E-state index < -0.39 is 6.09 Å². The average Bonchev–Trinajstić information content (AvgIpc) is 2.96. The van der Waals surface area contributed by atoms with Crippen molar-refractivity contribution in [3.63, 3.8) is 0 Å². The van der Waals surface area contributed by atoms with Crippen molar-refractivity contribution in [2.45, 2.75) is 6.61 Å². The Bertz CT molecular complexity index is 726. The highest BCUT2D eigenvalue weighted by molar-refractivity contribution is 5.92. The van der Waals surface area contributed by atoms with Crippen molar-refractivity contribution in [2.24, 2.45) is 0 Å². The van der Waals surface area contributed by atoms with E-state index in [1.54, 1.807) is 0 Å². The quantitative estimate of drug-likeness (QED) is 0.756. The van der Waals surface area contributed by atoms with Gasteiger partial charge in [0.15, 0.2) is 17.0 Å². The van der Waals surface area contributed by atoms with Crippen molar-refractivity contribution in [1.29, 1.82) is 0 Å². The highest BCUT2D eigenvalue weighted by Crippen LogP contribution is 2.14. The SMILES string of the molecule is O=C(Nc1n[c]nc2[nH]cnc12)OCc1ccccc1. The van der Waals surface area contributed by atoms with Gasteiger partial charge < -0.3 is 9.72 Å². The van der Waals surface area contributed by atoms with E-state index in [2.05, 4.69) is 31.6 Å². The predicted octanol–water partition coefficient (Wildman–Crippen LogP) is 1.90. The van der Waals surface area contributed by atoms with Gasteiger partial charge in [-0.1, -0.05) is 30.3 Å². The summed E-state index contributed by atoms with van der Waals surface area (Å²) in [5.74, 6) is 0.259. The molecule has 2 heterocycles. The first-order valence-corrected chi connectivity index (χ1v) is 5.88. The number of hydrogen-bond donors (Lipinski definition) is 2. The van der Waals surface area contributed by atoms with Crippen LogP contribution >= 0.6 is 0 Å². The van der Waals surface area contributed by atoms with Gasteiger partial charge in [-0.2, -0.15) is 0 Å². The number of amides is 1. The summed E-state index contributed by atoms with van der Waals surface area (Å²) in [6.45, 7) is 0.186. The molecule has 2 N–H and O–H groups in total. The van der Waals surface area contributed by atoms with Crippen LogP contribution in [0.15, 0.2) is 36.7 Å². The number of imidazole rings is 1. The fraction of sp³-hybridized carbons (Fsp3) is 0.0769. The van der Waals surface area contributed by atoms with Gasteiger partial charge in [-0.15, -0.1) is 0 Å². The number of H-pyrrole nitrogens is 1. The number of rotatable bonds is 3. The van der Waals surface area contributed by atoms with Crippen LogP contribution < -0.4 is 5.32 Å². The maximum absolute atomic E-state index is 11.7. The van der Waals surface area contributed by atoms with Crippen LogP contribution in [0.5, 0.6) is 0 Å². The largest absolute Gasteiger partial charge is 0.444 e. The molecule has 0 aliphatic rings. The third-order valence-electron chi connectivity index (χ3n) is 2.60. The molecule has 7 heteroatoms. The van der Waals surface area contributed by atoms with Crippen LogP contribution in [-0.4, -0.2) is 26.0 Å². The number of fused-ring (bicyclic) bond motifs is 1. The van der Waals surface area contributed by atoms with Gasteiger partial charge in [0.25, 0.3) is 0 Å². The van der Waals surface area contributed by atoms with E-state index in [-0.39, 0.29) is 12.4 Å². The molecule has 99 valence electrons. The third-order valence-corrected chi connectivity index (χ3v) is 2.60. The highest BCUT2D eigenvalue weighted by Gasteiger charge is 2.10. The first kappa shape index (κ1) is 12.1. The Kier molecular flexibility index (Phi) is 3.24. The van der Waals surface area contributed by atoms with Gasteiger partial charge in [0.2, 0.25) is 6.33 Å². The standard InChI is InChI=1S/C13H10N5O2/c19-13(20-6-9-4-2-1-3-5-9)18-12-10-11(15-7-14-10)16-8-17-12/h1-5,7H,6H2,(H2,14,15,16,17,18,19). The normalized spacial score (nSPS) is 10.4. The van der Waals surface area contributed by atoms with Crippen LogP contribution in [-0.2, 0) is 11.3 Å². The number of nitrogens with zero attached hydrogens (tertiary/aromatic N) is 3. The summed E-state index contributed by atoms with van der Waals surface area (Å²) >= 11 is 0. The summed E-state index contributed by atoms with van der Waals surface area (Å²) in [4.78, 5) is 26.2. The molecule has 0 atom stereocenters. The van der Waals surface area contributed by atoms with Gasteiger partial charge in [-0.05, 0) is 5.56 Å². The van der Waals surface area contributed by atoms with Crippen LogP contribution in [0.4, 0.5) is 10.6 Å². The zero-order valence-corrected chi connectivity index (χ0v) is 10.3. The number of anilines is 1. The summed E-state index contributed by atoms with van der Waals surface area (Å²) in [5.41, 5.74) is 1.86. The Morgan fingerprint density at radius 1 is 1.30 bits per heavy atom. The number of nitrogens with one attached hydrogen (secondary N) is 2. The van der Waals surface area contributed by atoms with E-state index in [0.717, 1.165) is 5.56 Å². The molecule has 1 amide bonds. The molecule has 0 saturated heterocycles. The van der Waals surface area contributed by atoms with Crippen LogP contribution in [0.2, 0.25) is 0 Å². The molecule has 1 radical (unpaired) electrons. The minimum absolute atomic E-state index is 0.186. The van der Waals surface area contributed by atoms with Gasteiger partial charge >= 0.3 is 6.09 Å². The van der Waals surface area contributed by atoms with E-state index in [1.807, 2.05) is 30.3 Å². The Morgan fingerprint density at radius 3 is 3.00 bits per heavy atom. The molecule has 1 aromatic carbocycles. The van der Waals surface area contributed by atoms with Crippen molar-refractivity contribution in [3.8, 4) is 0 Å². The molecule has 3 rings (SSSR count). The Labute approximate surface area is 114 Å². The topological polar surface area (TPSA) is 92.8 Å². The van der Waals surface area contributed by atoms with Crippen LogP contribution in [0.1, 0.15) is 5.56 Å². The van der Waals surface area contributed by atoms with E-state index >= 15 is 0 Å². The lowest BCUT2D eigenvalue weighted by molar-refractivity contribution is 0.155. The molecule has 0 fully saturated rings. The molecule has 7 nitrogen and oxygen atoms in total. The summed E-state index contributed by atoms with van der Waals surface area (Å²) < 4.78 is 5.10. The van der Waals surface area contributed by atoms with Crippen molar-refractivity contribution < 1.29 is 9.53 Å². The van der Waals surface area contributed by atoms with Crippen molar-refractivity contribution in [3.05, 3.63) is 48.5 Å². The van der Waals surface area contributed by atoms with Gasteiger partial charge in [0.1, 0.15) is 6.61 Å². The monoisotopic (exact) mass is 268 g/mol. The summed E-state index contributed by atoms with van der Waals surface area (Å²) in [5, 5.41) is 2.52. The number of carbonyl (C=O) groups is 1. The predicted molar refractivity (Wildman–Crippen MR) is 70.8 cm³/mol. The lowest BCUT2D eigenvalue weighted by atomic mass is 10.2. The molecule has 0 spiro atoms. The van der Waals surface area contributed by atoms with Gasteiger partial charge in [-0.3, -0.25) is 5.32 Å². The lowest BCUT2D eigenvalue weighted by Crippen LogP contribution is -2.15. The van der Waals surface area contributed by atoms with Gasteiger partial charge in [0.05, 0.1) is 6.33 Å². The zero-order valence-electron chi connectivity index (χ0n) is 10.3. The van der Waals surface area contributed by atoms with Gasteiger partial charge in [-0.25, -0.2) is 19.7 Å². The molecule has 0 saturated carbocycles. The fourth-order valence-electron chi connectivity index (χ4n) is 1.67. The molecule has 0 bridgehead atoms. The minimum Gasteiger partial charge on any atom is -0.444 e. The Balaban J connectivity index is 1.66. The molecule has 0 aliphatic heterocycles. The summed E-state index contributed by atoms with van der Waals surface area (Å²) in [6.07, 6.45) is 3.29. The number of benzene rings is 1. The maximum Gasteiger partial charge on any atom is 0.413 e. The molecule has 20 heavy (non-hydrogen) atoms. The zero-order chi connectivity index (χ0) is 13.8. The summed E-state index contributed by atoms with van der Waals surface area (Å²) in [6, 6.07) is 9.40. The van der Waals surface area contributed by atoms with E-state index in [9.17, 15) is 4.79 Å². The fourth-order valence-corrected chi connectivity index (χ4v) is 1.67. The molecule has 3 aromatic rings. The minimum atomic E-state index is -0.606. The number of hydrogen-bond acceptors (Lipinski definition) is 5. The maximum atomic E-state index is 11.7. The number of aromatic amines is 1. The first-order chi connectivity index (χ1) is 9.83. The van der Waals surface area contributed by atoms with Crippen molar-refractivity contribution in [1.82, 2.24) is 19.9 Å². The van der Waals surface area contributed by atoms with Crippen molar-refractivity contribution >= 4 is 23.1 Å². The van der Waals surface area contributed by atoms with Crippen molar-refractivity contribution in [2.75, 3.05) is 5.32 Å². The first-order valence-electron chi connectivity index (χ1n) is 5.88. The van der Waals surface area contributed by atoms with Crippen LogP contribution in [0, 0.1) is 6.33 Å². The highest BCUT2D eigenvalue weighted by atomic mass is 16.5. The Morgan fingerprint density at radius 2 is 2.15 bits per heavy atom. The number of ether oxygens (including phenoxy) is 1. The number of carbonyl (C=O) groups excluding carboxylic acids is 1. The van der Waals surface area contributed by atoms with E-state index in [4.69, 9.17) is 4.74 Å². The van der Waals surface area contributed by atoms with Crippen LogP contribution in [0.25, 0.3) is 11.2 Å². The second-order valence-electron chi connectivity index (χ2n) is 3.96. The summed E-state index contributed by atoms with van der Waals surface area (Å²) in [7, 11) is 0. The van der Waals surface area contributed by atoms with Gasteiger partial charge in [0, 0.05) is 0 Å². The molecular formula is C13H10N5O2. The Hall–Kier alpha value is -2.96. The number of aromatic nitrogens is 4. The van der Waals surface area contributed by atoms with Crippen LogP contribution in [0.3, 0.4) is 0 Å². The van der Waals surface area contributed by atoms with E-state index in [0.29, 0.717) is 11.2 Å². The second kappa shape index (κ2) is 5.35. The second-order valence-corrected chi connectivity index (χ2v) is 3.96. The lowest BCUT2D eigenvalue weighted by Gasteiger charge is -2.06. The third kappa shape index (κ3) is 2.56. The average molecular weight is 268 g/mol. The molecular weight excluding hydrogens is 258 g/mol. The molecule has 0 aliphatic carbocycles. The van der Waals surface area contributed by atoms with E-state index in [1.165, 1.54) is 6.33 Å².